The van der Waals surface area contributed by atoms with E-state index < -0.39 is 0 Å². The Kier molecular flexibility index (Phi) is 2.26. The molecule has 4 aliphatic rings. The minimum atomic E-state index is 0.449. The van der Waals surface area contributed by atoms with Crippen molar-refractivity contribution in [2.24, 2.45) is 11.7 Å². The lowest BCUT2D eigenvalue weighted by Gasteiger charge is -2.48. The van der Waals surface area contributed by atoms with E-state index in [4.69, 9.17) is 5.73 Å². The molecule has 4 rings (SSSR count). The van der Waals surface area contributed by atoms with Crippen LogP contribution in [0.3, 0.4) is 0 Å². The Morgan fingerprint density at radius 3 is 2.21 bits per heavy atom. The molecule has 4 heterocycles. The molecule has 3 nitrogen and oxygen atoms in total. The van der Waals surface area contributed by atoms with E-state index in [0.29, 0.717) is 6.04 Å². The molecule has 14 heavy (non-hydrogen) atoms. The molecule has 0 spiro atoms. The first-order chi connectivity index (χ1) is 6.83. The molecule has 80 valence electrons. The average molecular weight is 195 g/mol. The summed E-state index contributed by atoms with van der Waals surface area (Å²) in [5.74, 6) is 0.977. The predicted molar refractivity (Wildman–Crippen MR) is 57.1 cm³/mol. The first-order valence-electron chi connectivity index (χ1n) is 6.05. The summed E-state index contributed by atoms with van der Waals surface area (Å²) in [7, 11) is 0. The van der Waals surface area contributed by atoms with Crippen LogP contribution in [0.15, 0.2) is 0 Å². The normalized spacial score (nSPS) is 48.6. The van der Waals surface area contributed by atoms with Gasteiger partial charge in [-0.2, -0.15) is 0 Å². The number of nitrogens with two attached hydrogens (primary N) is 1. The molecule has 2 N–H and O–H groups in total. The van der Waals surface area contributed by atoms with E-state index in [-0.39, 0.29) is 0 Å². The fourth-order valence-corrected chi connectivity index (χ4v) is 3.46. The molecule has 0 saturated carbocycles. The van der Waals surface area contributed by atoms with Gasteiger partial charge in [-0.3, -0.25) is 4.90 Å². The van der Waals surface area contributed by atoms with E-state index in [2.05, 4.69) is 9.80 Å². The van der Waals surface area contributed by atoms with Crippen LogP contribution >= 0.6 is 0 Å². The minimum absolute atomic E-state index is 0.449. The van der Waals surface area contributed by atoms with Crippen molar-refractivity contribution in [2.75, 3.05) is 32.7 Å². The first-order valence-corrected chi connectivity index (χ1v) is 6.05. The van der Waals surface area contributed by atoms with Crippen LogP contribution in [0.4, 0.5) is 0 Å². The minimum Gasteiger partial charge on any atom is -0.326 e. The molecule has 4 saturated heterocycles. The van der Waals surface area contributed by atoms with Gasteiger partial charge >= 0.3 is 0 Å². The molecule has 0 aliphatic carbocycles. The van der Waals surface area contributed by atoms with Gasteiger partial charge in [0, 0.05) is 31.7 Å². The molecule has 0 amide bonds. The largest absolute Gasteiger partial charge is 0.326 e. The monoisotopic (exact) mass is 195 g/mol. The van der Waals surface area contributed by atoms with E-state index in [1.165, 1.54) is 45.4 Å². The lowest BCUT2D eigenvalue weighted by molar-refractivity contribution is 0.0152. The van der Waals surface area contributed by atoms with Crippen molar-refractivity contribution in [3.8, 4) is 0 Å². The summed E-state index contributed by atoms with van der Waals surface area (Å²) in [6.45, 7) is 6.41. The molecular formula is C11H21N3. The fourth-order valence-electron chi connectivity index (χ4n) is 3.46. The number of rotatable bonds is 1. The van der Waals surface area contributed by atoms with Crippen molar-refractivity contribution in [1.82, 2.24) is 9.80 Å². The maximum atomic E-state index is 5.97. The molecule has 0 aromatic heterocycles. The highest BCUT2D eigenvalue weighted by molar-refractivity contribution is 4.95. The Labute approximate surface area is 86.2 Å². The highest BCUT2D eigenvalue weighted by atomic mass is 15.3. The highest BCUT2D eigenvalue weighted by Gasteiger charge is 2.39. The topological polar surface area (TPSA) is 32.5 Å². The van der Waals surface area contributed by atoms with Crippen LogP contribution in [0.2, 0.25) is 0 Å². The van der Waals surface area contributed by atoms with Gasteiger partial charge in [0.2, 0.25) is 0 Å². The zero-order chi connectivity index (χ0) is 9.54. The lowest BCUT2D eigenvalue weighted by Crippen LogP contribution is -2.57. The van der Waals surface area contributed by atoms with Gasteiger partial charge in [-0.05, 0) is 38.3 Å². The summed E-state index contributed by atoms with van der Waals surface area (Å²) < 4.78 is 0. The van der Waals surface area contributed by atoms with E-state index in [9.17, 15) is 0 Å². The third kappa shape index (κ3) is 1.47. The van der Waals surface area contributed by atoms with Crippen LogP contribution in [0.5, 0.6) is 0 Å². The maximum Gasteiger partial charge on any atom is 0.0253 e. The van der Waals surface area contributed by atoms with Gasteiger partial charge in [-0.25, -0.2) is 0 Å². The number of piperidine rings is 3. The molecule has 3 heteroatoms. The highest BCUT2D eigenvalue weighted by Crippen LogP contribution is 2.32. The van der Waals surface area contributed by atoms with Crippen molar-refractivity contribution >= 4 is 0 Å². The Hall–Kier alpha value is -0.120. The second-order valence-electron chi connectivity index (χ2n) is 5.25. The van der Waals surface area contributed by atoms with E-state index >= 15 is 0 Å². The fraction of sp³-hybridized carbons (Fsp3) is 1.00. The van der Waals surface area contributed by atoms with Crippen LogP contribution in [-0.2, 0) is 0 Å². The Bertz CT molecular complexity index is 211. The SMILES string of the molecule is NC1CCN(C2CN3CCC2CC3)C1. The summed E-state index contributed by atoms with van der Waals surface area (Å²) in [6.07, 6.45) is 4.07. The molecule has 0 aromatic rings. The molecule has 2 unspecified atom stereocenters. The van der Waals surface area contributed by atoms with Crippen molar-refractivity contribution in [1.29, 1.82) is 0 Å². The van der Waals surface area contributed by atoms with Crippen molar-refractivity contribution < 1.29 is 0 Å². The maximum absolute atomic E-state index is 5.97. The van der Waals surface area contributed by atoms with Gasteiger partial charge in [0.15, 0.2) is 0 Å². The zero-order valence-corrected chi connectivity index (χ0v) is 8.86. The Morgan fingerprint density at radius 1 is 0.929 bits per heavy atom. The van der Waals surface area contributed by atoms with Gasteiger partial charge in [0.25, 0.3) is 0 Å². The molecule has 0 aromatic carbocycles. The van der Waals surface area contributed by atoms with Gasteiger partial charge in [0.05, 0.1) is 0 Å². The molecule has 0 radical (unpaired) electrons. The third-order valence-electron chi connectivity index (χ3n) is 4.35. The van der Waals surface area contributed by atoms with Crippen molar-refractivity contribution in [2.45, 2.75) is 31.3 Å². The summed E-state index contributed by atoms with van der Waals surface area (Å²) in [5.41, 5.74) is 5.97. The average Bonchev–Trinajstić information content (AvgIpc) is 2.66. The van der Waals surface area contributed by atoms with Crippen molar-refractivity contribution in [3.05, 3.63) is 0 Å². The number of hydrogen-bond acceptors (Lipinski definition) is 3. The van der Waals surface area contributed by atoms with Crippen LogP contribution < -0.4 is 5.73 Å². The molecule has 4 fully saturated rings. The summed E-state index contributed by atoms with van der Waals surface area (Å²) in [4.78, 5) is 5.29. The van der Waals surface area contributed by atoms with E-state index in [1.807, 2.05) is 0 Å². The van der Waals surface area contributed by atoms with Gasteiger partial charge in [-0.15, -0.1) is 0 Å². The predicted octanol–water partition coefficient (Wildman–Crippen LogP) is 0.114. The number of likely N-dealkylation sites (tertiary alicyclic amines) is 1. The molecule has 2 bridgehead atoms. The van der Waals surface area contributed by atoms with Gasteiger partial charge in [-0.1, -0.05) is 0 Å². The van der Waals surface area contributed by atoms with E-state index in [0.717, 1.165) is 18.5 Å². The lowest BCUT2D eigenvalue weighted by atomic mass is 9.83. The number of fused-ring (bicyclic) bond motifs is 3. The summed E-state index contributed by atoms with van der Waals surface area (Å²) in [6, 6.07) is 1.29. The van der Waals surface area contributed by atoms with Crippen LogP contribution in [0.25, 0.3) is 0 Å². The summed E-state index contributed by atoms with van der Waals surface area (Å²) >= 11 is 0. The summed E-state index contributed by atoms with van der Waals surface area (Å²) in [5, 5.41) is 0. The van der Waals surface area contributed by atoms with Crippen LogP contribution in [-0.4, -0.2) is 54.6 Å². The quantitative estimate of drug-likeness (QED) is 0.645. The van der Waals surface area contributed by atoms with Crippen LogP contribution in [0, 0.1) is 5.92 Å². The Balaban J connectivity index is 1.67. The molecular weight excluding hydrogens is 174 g/mol. The van der Waals surface area contributed by atoms with Crippen LogP contribution in [0.1, 0.15) is 19.3 Å². The molecule has 2 atom stereocenters. The standard InChI is InChI=1S/C11H21N3/c12-10-3-6-14(7-10)11-8-13-4-1-9(11)2-5-13/h9-11H,1-8,12H2. The third-order valence-corrected chi connectivity index (χ3v) is 4.35. The number of nitrogens with zero attached hydrogens (tertiary/aromatic N) is 2. The van der Waals surface area contributed by atoms with Gasteiger partial charge in [0.1, 0.15) is 0 Å². The first kappa shape index (κ1) is 9.13. The molecule has 4 aliphatic heterocycles. The van der Waals surface area contributed by atoms with E-state index in [1.54, 1.807) is 0 Å². The number of hydrogen-bond donors (Lipinski definition) is 1. The Morgan fingerprint density at radius 2 is 1.71 bits per heavy atom. The smallest absolute Gasteiger partial charge is 0.0253 e. The second-order valence-corrected chi connectivity index (χ2v) is 5.25. The zero-order valence-electron chi connectivity index (χ0n) is 8.86. The second kappa shape index (κ2) is 3.47. The van der Waals surface area contributed by atoms with Crippen molar-refractivity contribution in [3.63, 3.8) is 0 Å². The van der Waals surface area contributed by atoms with Gasteiger partial charge < -0.3 is 10.6 Å².